The highest BCUT2D eigenvalue weighted by Gasteiger charge is 2.17. The molecule has 6 nitrogen and oxygen atoms in total. The van der Waals surface area contributed by atoms with Crippen LogP contribution in [0.2, 0.25) is 0 Å². The van der Waals surface area contributed by atoms with E-state index in [0.29, 0.717) is 17.2 Å². The van der Waals surface area contributed by atoms with Crippen molar-refractivity contribution in [3.63, 3.8) is 0 Å². The molecule has 0 radical (unpaired) electrons. The molecule has 1 amide bonds. The summed E-state index contributed by atoms with van der Waals surface area (Å²) >= 11 is 1.52. The lowest BCUT2D eigenvalue weighted by molar-refractivity contribution is -0.124. The van der Waals surface area contributed by atoms with E-state index in [9.17, 15) is 9.59 Å². The molecule has 0 bridgehead atoms. The molecule has 1 N–H and O–H groups in total. The van der Waals surface area contributed by atoms with Gasteiger partial charge in [0.15, 0.2) is 6.61 Å². The van der Waals surface area contributed by atoms with Gasteiger partial charge in [-0.25, -0.2) is 4.79 Å². The number of thioether (sulfide) groups is 1. The number of amides is 1. The molecule has 0 saturated carbocycles. The fraction of sp³-hybridized carbons (Fsp3) is 0.522. The predicted octanol–water partition coefficient (Wildman–Crippen LogP) is 5.07. The second kappa shape index (κ2) is 11.8. The molecule has 2 aromatic rings. The van der Waals surface area contributed by atoms with Crippen LogP contribution >= 0.6 is 11.8 Å². The van der Waals surface area contributed by atoms with Crippen LogP contribution in [0.3, 0.4) is 0 Å². The number of ether oxygens (including phenoxy) is 1. The SMILES string of the molecule is Cc1noc(C)c1CSc1ccccc1C(=O)OCC(=O)NC(C)CCCC(C)C. The first-order chi connectivity index (χ1) is 14.3. The van der Waals surface area contributed by atoms with E-state index in [1.54, 1.807) is 12.1 Å². The van der Waals surface area contributed by atoms with Crippen molar-refractivity contribution < 1.29 is 18.8 Å². The quantitative estimate of drug-likeness (QED) is 0.394. The Morgan fingerprint density at radius 2 is 1.90 bits per heavy atom. The van der Waals surface area contributed by atoms with Crippen molar-refractivity contribution in [2.24, 2.45) is 5.92 Å². The molecular weight excluding hydrogens is 400 g/mol. The zero-order valence-electron chi connectivity index (χ0n) is 18.5. The van der Waals surface area contributed by atoms with E-state index in [0.717, 1.165) is 41.2 Å². The molecule has 30 heavy (non-hydrogen) atoms. The molecule has 0 aliphatic rings. The smallest absolute Gasteiger partial charge is 0.339 e. The zero-order valence-corrected chi connectivity index (χ0v) is 19.3. The maximum absolute atomic E-state index is 12.6. The van der Waals surface area contributed by atoms with Crippen LogP contribution in [0.25, 0.3) is 0 Å². The first-order valence-electron chi connectivity index (χ1n) is 10.4. The van der Waals surface area contributed by atoms with Gasteiger partial charge in [0.1, 0.15) is 5.76 Å². The molecule has 0 aliphatic carbocycles. The van der Waals surface area contributed by atoms with Crippen LogP contribution in [-0.2, 0) is 15.3 Å². The Kier molecular flexibility index (Phi) is 9.43. The Hall–Kier alpha value is -2.28. The molecule has 0 fully saturated rings. The fourth-order valence-corrected chi connectivity index (χ4v) is 4.24. The van der Waals surface area contributed by atoms with Crippen molar-refractivity contribution in [2.75, 3.05) is 6.61 Å². The number of rotatable bonds is 11. The van der Waals surface area contributed by atoms with Crippen LogP contribution < -0.4 is 5.32 Å². The Balaban J connectivity index is 1.86. The molecule has 0 saturated heterocycles. The van der Waals surface area contributed by atoms with E-state index < -0.39 is 5.97 Å². The van der Waals surface area contributed by atoms with Gasteiger partial charge in [0.05, 0.1) is 11.3 Å². The molecule has 7 heteroatoms. The summed E-state index contributed by atoms with van der Waals surface area (Å²) in [4.78, 5) is 25.5. The third kappa shape index (κ3) is 7.52. The second-order valence-corrected chi connectivity index (χ2v) is 8.97. The average molecular weight is 433 g/mol. The van der Waals surface area contributed by atoms with Crippen LogP contribution in [0.4, 0.5) is 0 Å². The first kappa shape index (κ1) is 24.0. The average Bonchev–Trinajstić information content (AvgIpc) is 3.02. The Bertz CT molecular complexity index is 828. The summed E-state index contributed by atoms with van der Waals surface area (Å²) in [5.74, 6) is 1.30. The molecule has 1 unspecified atom stereocenters. The number of carbonyl (C=O) groups excluding carboxylic acids is 2. The third-order valence-corrected chi connectivity index (χ3v) is 5.92. The van der Waals surface area contributed by atoms with Crippen molar-refractivity contribution in [1.82, 2.24) is 10.5 Å². The lowest BCUT2D eigenvalue weighted by Crippen LogP contribution is -2.35. The van der Waals surface area contributed by atoms with Gasteiger partial charge >= 0.3 is 5.97 Å². The molecule has 1 aromatic carbocycles. The highest BCUT2D eigenvalue weighted by molar-refractivity contribution is 7.98. The Morgan fingerprint density at radius 3 is 2.57 bits per heavy atom. The first-order valence-corrected chi connectivity index (χ1v) is 11.4. The fourth-order valence-electron chi connectivity index (χ4n) is 3.05. The zero-order chi connectivity index (χ0) is 22.1. The maximum Gasteiger partial charge on any atom is 0.339 e. The standard InChI is InChI=1S/C23H32N2O4S/c1-15(2)9-8-10-16(3)24-22(26)13-28-23(27)19-11-6-7-12-21(19)30-14-20-17(4)25-29-18(20)5/h6-7,11-12,15-16H,8-10,13-14H2,1-5H3,(H,24,26). The minimum absolute atomic E-state index is 0.0628. The van der Waals surface area contributed by atoms with Gasteiger partial charge in [-0.1, -0.05) is 44.0 Å². The lowest BCUT2D eigenvalue weighted by Gasteiger charge is -2.15. The number of benzene rings is 1. The summed E-state index contributed by atoms with van der Waals surface area (Å²) in [5, 5.41) is 6.85. The Morgan fingerprint density at radius 1 is 1.17 bits per heavy atom. The monoisotopic (exact) mass is 432 g/mol. The highest BCUT2D eigenvalue weighted by atomic mass is 32.2. The maximum atomic E-state index is 12.6. The number of esters is 1. The molecule has 164 valence electrons. The van der Waals surface area contributed by atoms with Crippen molar-refractivity contribution >= 4 is 23.6 Å². The van der Waals surface area contributed by atoms with E-state index in [1.807, 2.05) is 32.9 Å². The third-order valence-electron chi connectivity index (χ3n) is 4.82. The predicted molar refractivity (Wildman–Crippen MR) is 119 cm³/mol. The van der Waals surface area contributed by atoms with Crippen molar-refractivity contribution in [3.05, 3.63) is 46.8 Å². The number of aryl methyl sites for hydroxylation is 2. The van der Waals surface area contributed by atoms with Crippen molar-refractivity contribution in [1.29, 1.82) is 0 Å². The highest BCUT2D eigenvalue weighted by Crippen LogP contribution is 2.29. The van der Waals surface area contributed by atoms with E-state index >= 15 is 0 Å². The largest absolute Gasteiger partial charge is 0.452 e. The van der Waals surface area contributed by atoms with Crippen LogP contribution in [-0.4, -0.2) is 29.7 Å². The number of hydrogen-bond acceptors (Lipinski definition) is 6. The van der Waals surface area contributed by atoms with Gasteiger partial charge in [0.2, 0.25) is 0 Å². The van der Waals surface area contributed by atoms with Crippen LogP contribution in [0.5, 0.6) is 0 Å². The lowest BCUT2D eigenvalue weighted by atomic mass is 10.0. The second-order valence-electron chi connectivity index (χ2n) is 7.96. The normalized spacial score (nSPS) is 12.1. The summed E-state index contributed by atoms with van der Waals surface area (Å²) in [5.41, 5.74) is 2.32. The number of nitrogens with zero attached hydrogens (tertiary/aromatic N) is 1. The van der Waals surface area contributed by atoms with Gasteiger partial charge in [-0.15, -0.1) is 11.8 Å². The number of carbonyl (C=O) groups is 2. The summed E-state index contributed by atoms with van der Waals surface area (Å²) < 4.78 is 10.5. The molecule has 1 atom stereocenters. The van der Waals surface area contributed by atoms with Crippen LogP contribution in [0.15, 0.2) is 33.7 Å². The Labute approximate surface area is 183 Å². The summed E-state index contributed by atoms with van der Waals surface area (Å²) in [6.07, 6.45) is 3.12. The van der Waals surface area contributed by atoms with Gasteiger partial charge in [0.25, 0.3) is 5.91 Å². The van der Waals surface area contributed by atoms with E-state index in [2.05, 4.69) is 24.3 Å². The number of nitrogens with one attached hydrogen (secondary N) is 1. The van der Waals surface area contributed by atoms with Gasteiger partial charge in [-0.05, 0) is 45.2 Å². The van der Waals surface area contributed by atoms with Gasteiger partial charge < -0.3 is 14.6 Å². The summed E-state index contributed by atoms with van der Waals surface area (Å²) in [7, 11) is 0. The molecule has 0 spiro atoms. The summed E-state index contributed by atoms with van der Waals surface area (Å²) in [6, 6.07) is 7.31. The van der Waals surface area contributed by atoms with Crippen molar-refractivity contribution in [3.8, 4) is 0 Å². The molecule has 1 aromatic heterocycles. The van der Waals surface area contributed by atoms with Crippen molar-refractivity contribution in [2.45, 2.75) is 70.6 Å². The van der Waals surface area contributed by atoms with Crippen LogP contribution in [0.1, 0.15) is 67.4 Å². The van der Waals surface area contributed by atoms with Gasteiger partial charge in [0, 0.05) is 22.3 Å². The molecule has 1 heterocycles. The minimum Gasteiger partial charge on any atom is -0.452 e. The minimum atomic E-state index is -0.500. The molecule has 0 aliphatic heterocycles. The van der Waals surface area contributed by atoms with E-state index in [1.165, 1.54) is 11.8 Å². The molecular formula is C23H32N2O4S. The number of aromatic nitrogens is 1. The van der Waals surface area contributed by atoms with Crippen LogP contribution in [0, 0.1) is 19.8 Å². The summed E-state index contributed by atoms with van der Waals surface area (Å²) in [6.45, 7) is 9.84. The van der Waals surface area contributed by atoms with E-state index in [-0.39, 0.29) is 18.6 Å². The molecule has 2 rings (SSSR count). The number of hydrogen-bond donors (Lipinski definition) is 1. The van der Waals surface area contributed by atoms with Gasteiger partial charge in [-0.2, -0.15) is 0 Å². The van der Waals surface area contributed by atoms with Gasteiger partial charge in [-0.3, -0.25) is 4.79 Å². The topological polar surface area (TPSA) is 81.4 Å². The van der Waals surface area contributed by atoms with E-state index in [4.69, 9.17) is 9.26 Å².